The zero-order valence-corrected chi connectivity index (χ0v) is 16.2. The van der Waals surface area contributed by atoms with Crippen LogP contribution in [0.3, 0.4) is 0 Å². The van der Waals surface area contributed by atoms with Crippen LogP contribution in [0.4, 0.5) is 4.79 Å². The molecule has 1 rings (SSSR count). The Morgan fingerprint density at radius 2 is 1.91 bits per heavy atom. The summed E-state index contributed by atoms with van der Waals surface area (Å²) in [6.07, 6.45) is 1.75. The molecule has 0 aromatic carbocycles. The summed E-state index contributed by atoms with van der Waals surface area (Å²) in [7, 11) is 0. The molecule has 0 saturated heterocycles. The highest BCUT2D eigenvalue weighted by atomic mass is 32.1. The van der Waals surface area contributed by atoms with E-state index < -0.39 is 5.60 Å². The third-order valence-corrected chi connectivity index (χ3v) is 4.51. The van der Waals surface area contributed by atoms with E-state index in [1.807, 2.05) is 32.1 Å². The van der Waals surface area contributed by atoms with Crippen molar-refractivity contribution in [1.29, 1.82) is 0 Å². The average molecular weight is 341 g/mol. The fraction of sp³-hybridized carbons (Fsp3) is 0.722. The van der Waals surface area contributed by atoms with Gasteiger partial charge in [-0.05, 0) is 51.7 Å². The summed E-state index contributed by atoms with van der Waals surface area (Å²) in [4.78, 5) is 14.6. The molecule has 0 aliphatic heterocycles. The van der Waals surface area contributed by atoms with Crippen LogP contribution < -0.4 is 10.6 Å². The second-order valence-corrected chi connectivity index (χ2v) is 8.56. The number of hydrogen-bond acceptors (Lipinski definition) is 4. The normalized spacial score (nSPS) is 13.2. The lowest BCUT2D eigenvalue weighted by Crippen LogP contribution is -2.43. The molecule has 0 spiro atoms. The van der Waals surface area contributed by atoms with E-state index in [0.29, 0.717) is 12.5 Å². The SMILES string of the molecule is CCc1ccc(CNC(CNC(=O)OC(C)(C)C)CC(C)C)s1. The van der Waals surface area contributed by atoms with Crippen LogP contribution in [0, 0.1) is 5.92 Å². The average Bonchev–Trinajstić information content (AvgIpc) is 2.87. The minimum atomic E-state index is -0.460. The molecule has 0 aliphatic rings. The molecule has 23 heavy (non-hydrogen) atoms. The topological polar surface area (TPSA) is 50.4 Å². The Hall–Kier alpha value is -1.07. The minimum absolute atomic E-state index is 0.245. The van der Waals surface area contributed by atoms with Crippen LogP contribution in [0.5, 0.6) is 0 Å². The van der Waals surface area contributed by atoms with E-state index in [4.69, 9.17) is 4.74 Å². The molecular weight excluding hydrogens is 308 g/mol. The van der Waals surface area contributed by atoms with E-state index in [9.17, 15) is 4.79 Å². The Morgan fingerprint density at radius 3 is 2.43 bits per heavy atom. The van der Waals surface area contributed by atoms with Gasteiger partial charge in [0.15, 0.2) is 0 Å². The van der Waals surface area contributed by atoms with Crippen molar-refractivity contribution in [3.05, 3.63) is 21.9 Å². The van der Waals surface area contributed by atoms with Crippen molar-refractivity contribution in [2.24, 2.45) is 5.92 Å². The second kappa shape index (κ2) is 9.28. The molecule has 2 N–H and O–H groups in total. The summed E-state index contributed by atoms with van der Waals surface area (Å²) in [5.74, 6) is 0.572. The summed E-state index contributed by atoms with van der Waals surface area (Å²) < 4.78 is 5.30. The summed E-state index contributed by atoms with van der Waals surface area (Å²) in [6.45, 7) is 13.6. The summed E-state index contributed by atoms with van der Waals surface area (Å²) >= 11 is 1.85. The molecule has 0 aliphatic carbocycles. The van der Waals surface area contributed by atoms with Gasteiger partial charge >= 0.3 is 6.09 Å². The number of ether oxygens (including phenoxy) is 1. The van der Waals surface area contributed by atoms with E-state index in [1.54, 1.807) is 0 Å². The predicted octanol–water partition coefficient (Wildman–Crippen LogP) is 4.34. The summed E-state index contributed by atoms with van der Waals surface area (Å²) in [5.41, 5.74) is -0.460. The largest absolute Gasteiger partial charge is 0.444 e. The van der Waals surface area contributed by atoms with Crippen molar-refractivity contribution in [3.63, 3.8) is 0 Å². The highest BCUT2D eigenvalue weighted by Crippen LogP contribution is 2.17. The number of amides is 1. The first-order valence-electron chi connectivity index (χ1n) is 8.47. The number of thiophene rings is 1. The van der Waals surface area contributed by atoms with Crippen LogP contribution in [-0.2, 0) is 17.7 Å². The lowest BCUT2D eigenvalue weighted by Gasteiger charge is -2.23. The number of aryl methyl sites for hydroxylation is 1. The number of carbonyl (C=O) groups excluding carboxylic acids is 1. The number of carbonyl (C=O) groups is 1. The lowest BCUT2D eigenvalue weighted by atomic mass is 10.0. The van der Waals surface area contributed by atoms with Gasteiger partial charge in [-0.15, -0.1) is 11.3 Å². The minimum Gasteiger partial charge on any atom is -0.444 e. The van der Waals surface area contributed by atoms with Gasteiger partial charge in [0.25, 0.3) is 0 Å². The number of nitrogens with one attached hydrogen (secondary N) is 2. The van der Waals surface area contributed by atoms with Crippen LogP contribution >= 0.6 is 11.3 Å². The van der Waals surface area contributed by atoms with Crippen LogP contribution in [0.2, 0.25) is 0 Å². The van der Waals surface area contributed by atoms with Crippen LogP contribution in [0.1, 0.15) is 57.7 Å². The predicted molar refractivity (Wildman–Crippen MR) is 98.0 cm³/mol. The van der Waals surface area contributed by atoms with Gasteiger partial charge in [0.2, 0.25) is 0 Å². The Bertz CT molecular complexity index is 478. The molecule has 1 heterocycles. The van der Waals surface area contributed by atoms with Gasteiger partial charge in [-0.3, -0.25) is 0 Å². The molecule has 1 aromatic heterocycles. The number of hydrogen-bond donors (Lipinski definition) is 2. The van der Waals surface area contributed by atoms with Crippen molar-refractivity contribution in [3.8, 4) is 0 Å². The van der Waals surface area contributed by atoms with Gasteiger partial charge in [-0.25, -0.2) is 4.79 Å². The van der Waals surface area contributed by atoms with Gasteiger partial charge < -0.3 is 15.4 Å². The maximum absolute atomic E-state index is 11.8. The maximum atomic E-state index is 11.8. The molecule has 4 nitrogen and oxygen atoms in total. The second-order valence-electron chi connectivity index (χ2n) is 7.31. The van der Waals surface area contributed by atoms with Gasteiger partial charge in [0.1, 0.15) is 5.60 Å². The highest BCUT2D eigenvalue weighted by molar-refractivity contribution is 7.11. The summed E-state index contributed by atoms with van der Waals surface area (Å²) in [6, 6.07) is 4.62. The fourth-order valence-electron chi connectivity index (χ4n) is 2.28. The van der Waals surface area contributed by atoms with Crippen molar-refractivity contribution >= 4 is 17.4 Å². The molecule has 1 unspecified atom stereocenters. The Morgan fingerprint density at radius 1 is 1.26 bits per heavy atom. The van der Waals surface area contributed by atoms with Crippen molar-refractivity contribution in [1.82, 2.24) is 10.6 Å². The van der Waals surface area contributed by atoms with E-state index in [-0.39, 0.29) is 12.1 Å². The molecule has 0 fully saturated rings. The molecule has 5 heteroatoms. The van der Waals surface area contributed by atoms with Crippen molar-refractivity contribution in [2.75, 3.05) is 6.54 Å². The van der Waals surface area contributed by atoms with E-state index in [1.165, 1.54) is 9.75 Å². The molecule has 0 saturated carbocycles. The standard InChI is InChI=1S/C18H32N2O2S/c1-7-15-8-9-16(23-15)12-19-14(10-13(2)3)11-20-17(21)22-18(4,5)6/h8-9,13-14,19H,7,10-12H2,1-6H3,(H,20,21). The third-order valence-electron chi connectivity index (χ3n) is 3.28. The monoisotopic (exact) mass is 340 g/mol. The fourth-order valence-corrected chi connectivity index (χ4v) is 3.19. The van der Waals surface area contributed by atoms with E-state index >= 15 is 0 Å². The zero-order chi connectivity index (χ0) is 17.5. The molecular formula is C18H32N2O2S. The van der Waals surface area contributed by atoms with Gasteiger partial charge in [-0.2, -0.15) is 0 Å². The molecule has 1 aromatic rings. The van der Waals surface area contributed by atoms with Crippen LogP contribution in [0.15, 0.2) is 12.1 Å². The Kier molecular flexibility index (Phi) is 8.06. The quantitative estimate of drug-likeness (QED) is 0.740. The van der Waals surface area contributed by atoms with E-state index in [0.717, 1.165) is 19.4 Å². The smallest absolute Gasteiger partial charge is 0.407 e. The first-order chi connectivity index (χ1) is 10.7. The molecule has 1 amide bonds. The van der Waals surface area contributed by atoms with Crippen LogP contribution in [-0.4, -0.2) is 24.3 Å². The Labute approximate surface area is 145 Å². The highest BCUT2D eigenvalue weighted by Gasteiger charge is 2.18. The first-order valence-corrected chi connectivity index (χ1v) is 9.29. The molecule has 0 bridgehead atoms. The molecule has 0 radical (unpaired) electrons. The summed E-state index contributed by atoms with van der Waals surface area (Å²) in [5, 5.41) is 6.44. The maximum Gasteiger partial charge on any atom is 0.407 e. The molecule has 132 valence electrons. The zero-order valence-electron chi connectivity index (χ0n) is 15.4. The Balaban J connectivity index is 2.47. The number of alkyl carbamates (subject to hydrolysis) is 1. The lowest BCUT2D eigenvalue weighted by molar-refractivity contribution is 0.0521. The first kappa shape index (κ1) is 20.0. The van der Waals surface area contributed by atoms with Gasteiger partial charge in [0, 0.05) is 28.9 Å². The number of rotatable bonds is 8. The third kappa shape index (κ3) is 8.96. The van der Waals surface area contributed by atoms with E-state index in [2.05, 4.69) is 43.5 Å². The van der Waals surface area contributed by atoms with Gasteiger partial charge in [0.05, 0.1) is 0 Å². The van der Waals surface area contributed by atoms with Crippen molar-refractivity contribution in [2.45, 2.75) is 72.6 Å². The molecule has 1 atom stereocenters. The van der Waals surface area contributed by atoms with Gasteiger partial charge in [-0.1, -0.05) is 20.8 Å². The van der Waals surface area contributed by atoms with Crippen molar-refractivity contribution < 1.29 is 9.53 Å². The van der Waals surface area contributed by atoms with Crippen LogP contribution in [0.25, 0.3) is 0 Å².